The van der Waals surface area contributed by atoms with E-state index < -0.39 is 0 Å². The first-order valence-corrected chi connectivity index (χ1v) is 6.75. The summed E-state index contributed by atoms with van der Waals surface area (Å²) in [6.07, 6.45) is 2.78. The molecule has 1 aromatic heterocycles. The van der Waals surface area contributed by atoms with Crippen LogP contribution in [-0.2, 0) is 6.54 Å². The van der Waals surface area contributed by atoms with Crippen molar-refractivity contribution < 1.29 is 0 Å². The quantitative estimate of drug-likeness (QED) is 0.876. The highest BCUT2D eigenvalue weighted by atomic mass is 35.5. The number of hydrogen-bond donors (Lipinski definition) is 1. The zero-order chi connectivity index (χ0) is 10.1. The van der Waals surface area contributed by atoms with E-state index in [0.29, 0.717) is 5.41 Å². The van der Waals surface area contributed by atoms with Crippen LogP contribution in [0.25, 0.3) is 0 Å². The van der Waals surface area contributed by atoms with Gasteiger partial charge >= 0.3 is 0 Å². The van der Waals surface area contributed by atoms with E-state index in [9.17, 15) is 0 Å². The molecule has 2 aliphatic heterocycles. The fourth-order valence-electron chi connectivity index (χ4n) is 2.95. The average molecular weight is 259 g/mol. The predicted octanol–water partition coefficient (Wildman–Crippen LogP) is 2.36. The Hall–Kier alpha value is -0.0900. The number of nitrogens with one attached hydrogen (secondary N) is 1. The third kappa shape index (κ3) is 2.43. The van der Waals surface area contributed by atoms with Gasteiger partial charge in [0.25, 0.3) is 0 Å². The monoisotopic (exact) mass is 258 g/mol. The minimum atomic E-state index is 0. The zero-order valence-electron chi connectivity index (χ0n) is 9.45. The fourth-order valence-corrected chi connectivity index (χ4v) is 3.61. The Morgan fingerprint density at radius 2 is 2.38 bits per heavy atom. The highest BCUT2D eigenvalue weighted by Crippen LogP contribution is 2.36. The van der Waals surface area contributed by atoms with Gasteiger partial charge in [-0.1, -0.05) is 0 Å². The first kappa shape index (κ1) is 12.4. The number of rotatable bonds is 2. The predicted molar refractivity (Wildman–Crippen MR) is 71.4 cm³/mol. The van der Waals surface area contributed by atoms with Gasteiger partial charge in [-0.2, -0.15) is 11.3 Å². The summed E-state index contributed by atoms with van der Waals surface area (Å²) in [7, 11) is 0. The molecule has 16 heavy (non-hydrogen) atoms. The Morgan fingerprint density at radius 1 is 1.44 bits per heavy atom. The van der Waals surface area contributed by atoms with Gasteiger partial charge < -0.3 is 5.32 Å². The standard InChI is InChI=1S/C12H18N2S.ClH/c1-6-15-8-11(1)7-14-5-3-12(10-14)2-4-13-9-12;/h1,6,8,13H,2-5,7,9-10H2;1H. The van der Waals surface area contributed by atoms with E-state index in [2.05, 4.69) is 27.0 Å². The highest BCUT2D eigenvalue weighted by molar-refractivity contribution is 7.07. The molecular weight excluding hydrogens is 240 g/mol. The lowest BCUT2D eigenvalue weighted by Gasteiger charge is -2.22. The number of halogens is 1. The first-order chi connectivity index (χ1) is 7.36. The lowest BCUT2D eigenvalue weighted by molar-refractivity contribution is 0.269. The maximum atomic E-state index is 3.51. The lowest BCUT2D eigenvalue weighted by Crippen LogP contribution is -2.28. The van der Waals surface area contributed by atoms with Gasteiger partial charge in [-0.05, 0) is 53.7 Å². The van der Waals surface area contributed by atoms with E-state index in [4.69, 9.17) is 0 Å². The molecule has 0 aromatic carbocycles. The van der Waals surface area contributed by atoms with Crippen molar-refractivity contribution in [2.45, 2.75) is 19.4 Å². The molecule has 3 rings (SSSR count). The van der Waals surface area contributed by atoms with E-state index >= 15 is 0 Å². The maximum absolute atomic E-state index is 3.51. The Balaban J connectivity index is 0.000000963. The molecule has 1 spiro atoms. The van der Waals surface area contributed by atoms with Crippen LogP contribution in [-0.4, -0.2) is 31.1 Å². The first-order valence-electron chi connectivity index (χ1n) is 5.81. The van der Waals surface area contributed by atoms with Gasteiger partial charge in [-0.3, -0.25) is 4.90 Å². The van der Waals surface area contributed by atoms with Crippen molar-refractivity contribution in [1.29, 1.82) is 0 Å². The van der Waals surface area contributed by atoms with Crippen LogP contribution < -0.4 is 5.32 Å². The van der Waals surface area contributed by atoms with Gasteiger partial charge in [0.15, 0.2) is 0 Å². The van der Waals surface area contributed by atoms with Crippen molar-refractivity contribution in [3.05, 3.63) is 22.4 Å². The van der Waals surface area contributed by atoms with Crippen molar-refractivity contribution in [2.24, 2.45) is 5.41 Å². The molecule has 0 amide bonds. The van der Waals surface area contributed by atoms with Crippen LogP contribution in [0.1, 0.15) is 18.4 Å². The Bertz CT molecular complexity index is 320. The fraction of sp³-hybridized carbons (Fsp3) is 0.667. The summed E-state index contributed by atoms with van der Waals surface area (Å²) in [5.41, 5.74) is 2.11. The van der Waals surface area contributed by atoms with Gasteiger partial charge in [-0.25, -0.2) is 0 Å². The topological polar surface area (TPSA) is 15.3 Å². The summed E-state index contributed by atoms with van der Waals surface area (Å²) >= 11 is 1.81. The molecule has 0 bridgehead atoms. The van der Waals surface area contributed by atoms with Gasteiger partial charge in [-0.15, -0.1) is 12.4 Å². The van der Waals surface area contributed by atoms with Gasteiger partial charge in [0.05, 0.1) is 0 Å². The molecule has 1 unspecified atom stereocenters. The van der Waals surface area contributed by atoms with Crippen LogP contribution in [0.15, 0.2) is 16.8 Å². The van der Waals surface area contributed by atoms with Gasteiger partial charge in [0, 0.05) is 19.6 Å². The van der Waals surface area contributed by atoms with Crippen LogP contribution in [0.3, 0.4) is 0 Å². The lowest BCUT2D eigenvalue weighted by atomic mass is 9.87. The molecule has 0 radical (unpaired) electrons. The van der Waals surface area contributed by atoms with E-state index in [1.54, 1.807) is 0 Å². The molecule has 3 heterocycles. The van der Waals surface area contributed by atoms with Crippen molar-refractivity contribution >= 4 is 23.7 Å². The summed E-state index contributed by atoms with van der Waals surface area (Å²) in [5, 5.41) is 7.96. The van der Waals surface area contributed by atoms with Crippen molar-refractivity contribution in [3.8, 4) is 0 Å². The summed E-state index contributed by atoms with van der Waals surface area (Å²) in [6, 6.07) is 2.25. The van der Waals surface area contributed by atoms with E-state index in [-0.39, 0.29) is 12.4 Å². The van der Waals surface area contributed by atoms with Gasteiger partial charge in [0.2, 0.25) is 0 Å². The van der Waals surface area contributed by atoms with E-state index in [1.165, 1.54) is 44.6 Å². The zero-order valence-corrected chi connectivity index (χ0v) is 11.1. The Morgan fingerprint density at radius 3 is 3.06 bits per heavy atom. The third-order valence-corrected chi connectivity index (χ3v) is 4.57. The minimum Gasteiger partial charge on any atom is -0.316 e. The minimum absolute atomic E-state index is 0. The Kier molecular flexibility index (Phi) is 3.90. The normalized spacial score (nSPS) is 29.8. The molecule has 2 nitrogen and oxygen atoms in total. The number of nitrogens with zero attached hydrogens (tertiary/aromatic N) is 1. The molecule has 1 N–H and O–H groups in total. The number of likely N-dealkylation sites (tertiary alicyclic amines) is 1. The molecule has 0 aliphatic carbocycles. The molecule has 0 saturated carbocycles. The molecule has 2 saturated heterocycles. The van der Waals surface area contributed by atoms with Crippen LogP contribution in [0.4, 0.5) is 0 Å². The maximum Gasteiger partial charge on any atom is 0.0242 e. The van der Waals surface area contributed by atoms with Crippen molar-refractivity contribution in [2.75, 3.05) is 26.2 Å². The van der Waals surface area contributed by atoms with Crippen molar-refractivity contribution in [3.63, 3.8) is 0 Å². The molecule has 1 atom stereocenters. The average Bonchev–Trinajstić information content (AvgIpc) is 2.92. The van der Waals surface area contributed by atoms with Crippen LogP contribution in [0, 0.1) is 5.41 Å². The second kappa shape index (κ2) is 5.05. The molecule has 90 valence electrons. The highest BCUT2D eigenvalue weighted by Gasteiger charge is 2.39. The Labute approximate surface area is 107 Å². The number of thiophene rings is 1. The SMILES string of the molecule is Cl.c1cc(CN2CCC3(CCNC3)C2)cs1. The van der Waals surface area contributed by atoms with Crippen LogP contribution in [0.5, 0.6) is 0 Å². The summed E-state index contributed by atoms with van der Waals surface area (Å²) < 4.78 is 0. The van der Waals surface area contributed by atoms with Crippen molar-refractivity contribution in [1.82, 2.24) is 10.2 Å². The molecule has 4 heteroatoms. The smallest absolute Gasteiger partial charge is 0.0242 e. The van der Waals surface area contributed by atoms with E-state index in [0.717, 1.165) is 6.54 Å². The summed E-state index contributed by atoms with van der Waals surface area (Å²) in [5.74, 6) is 0. The second-order valence-electron chi connectivity index (χ2n) is 5.02. The van der Waals surface area contributed by atoms with Crippen LogP contribution >= 0.6 is 23.7 Å². The van der Waals surface area contributed by atoms with Crippen LogP contribution in [0.2, 0.25) is 0 Å². The summed E-state index contributed by atoms with van der Waals surface area (Å²) in [6.45, 7) is 6.22. The van der Waals surface area contributed by atoms with E-state index in [1.807, 2.05) is 11.3 Å². The summed E-state index contributed by atoms with van der Waals surface area (Å²) in [4.78, 5) is 2.62. The third-order valence-electron chi connectivity index (χ3n) is 3.84. The molecule has 2 aliphatic rings. The van der Waals surface area contributed by atoms with Gasteiger partial charge in [0.1, 0.15) is 0 Å². The second-order valence-corrected chi connectivity index (χ2v) is 5.80. The molecule has 1 aromatic rings. The molecule has 2 fully saturated rings. The number of hydrogen-bond acceptors (Lipinski definition) is 3. The molecular formula is C12H19ClN2S. The largest absolute Gasteiger partial charge is 0.316 e.